The minimum absolute atomic E-state index is 0.367. The van der Waals surface area contributed by atoms with E-state index in [1.165, 1.54) is 17.5 Å². The zero-order valence-corrected chi connectivity index (χ0v) is 9.92. The molecule has 18 heavy (non-hydrogen) atoms. The van der Waals surface area contributed by atoms with Crippen LogP contribution in [0, 0.1) is 13.7 Å². The lowest BCUT2D eigenvalue weighted by molar-refractivity contribution is 0.167. The van der Waals surface area contributed by atoms with Crippen LogP contribution < -0.4 is 11.2 Å². The molecule has 0 fully saturated rings. The molecule has 5 heteroatoms. The maximum Gasteiger partial charge on any atom is 0.330 e. The molecule has 5 nitrogen and oxygen atoms in total. The Morgan fingerprint density at radius 1 is 1.28 bits per heavy atom. The summed E-state index contributed by atoms with van der Waals surface area (Å²) in [6, 6.07) is 9.59. The zero-order chi connectivity index (χ0) is 13.0. The van der Waals surface area contributed by atoms with Crippen LogP contribution in [0.2, 0.25) is 0 Å². The van der Waals surface area contributed by atoms with Crippen molar-refractivity contribution >= 4 is 0 Å². The van der Waals surface area contributed by atoms with Crippen LogP contribution in [-0.4, -0.2) is 9.55 Å². The van der Waals surface area contributed by atoms with E-state index in [9.17, 15) is 9.59 Å². The average molecular weight is 245 g/mol. The van der Waals surface area contributed by atoms with Gasteiger partial charge in [0.1, 0.15) is 0 Å². The van der Waals surface area contributed by atoms with Gasteiger partial charge >= 0.3 is 5.69 Å². The third kappa shape index (κ3) is 2.95. The first-order valence-electron chi connectivity index (χ1n) is 5.48. The van der Waals surface area contributed by atoms with Crippen LogP contribution in [-0.2, 0) is 11.3 Å². The summed E-state index contributed by atoms with van der Waals surface area (Å²) in [5, 5.41) is 0. The van der Waals surface area contributed by atoms with Gasteiger partial charge < -0.3 is 4.74 Å². The number of ether oxygens (including phenoxy) is 1. The fourth-order valence-corrected chi connectivity index (χ4v) is 1.45. The summed E-state index contributed by atoms with van der Waals surface area (Å²) >= 11 is 0. The minimum atomic E-state index is -0.515. The van der Waals surface area contributed by atoms with E-state index < -0.39 is 5.69 Å². The lowest BCUT2D eigenvalue weighted by Crippen LogP contribution is -2.30. The number of rotatable bonds is 4. The van der Waals surface area contributed by atoms with Crippen molar-refractivity contribution in [2.45, 2.75) is 13.5 Å². The Hall–Kier alpha value is -2.14. The predicted molar refractivity (Wildman–Crippen MR) is 67.0 cm³/mol. The number of nitrogens with zero attached hydrogens (tertiary/aromatic N) is 1. The Labute approximate surface area is 104 Å². The third-order valence-corrected chi connectivity index (χ3v) is 2.43. The molecule has 0 atom stereocenters. The fourth-order valence-electron chi connectivity index (χ4n) is 1.45. The van der Waals surface area contributed by atoms with Crippen LogP contribution in [0.25, 0.3) is 0 Å². The molecule has 0 spiro atoms. The number of aryl methyl sites for hydroxylation is 1. The van der Waals surface area contributed by atoms with E-state index in [-0.39, 0.29) is 5.56 Å². The summed E-state index contributed by atoms with van der Waals surface area (Å²) in [4.78, 5) is 24.8. The lowest BCUT2D eigenvalue weighted by Gasteiger charge is -2.06. The van der Waals surface area contributed by atoms with Crippen molar-refractivity contribution < 1.29 is 4.74 Å². The fraction of sp³-hybridized carbons (Fsp3) is 0.154. The molecule has 93 valence electrons. The molecule has 0 bridgehead atoms. The summed E-state index contributed by atoms with van der Waals surface area (Å²) in [6.45, 7) is 3.28. The van der Waals surface area contributed by atoms with Crippen molar-refractivity contribution in [3.05, 3.63) is 75.2 Å². The van der Waals surface area contributed by atoms with E-state index >= 15 is 0 Å². The monoisotopic (exact) mass is 245 g/mol. The standard InChI is InChI=1S/C13H13N2O3/c1-10-7-15(13(17)14-12(10)16)9-18-8-11-5-3-2-4-6-11/h2-7,9H,8H2,1H3,(H,14,16,17). The van der Waals surface area contributed by atoms with Gasteiger partial charge in [0.25, 0.3) is 5.56 Å². The molecule has 0 aliphatic carbocycles. The van der Waals surface area contributed by atoms with Crippen LogP contribution in [0.1, 0.15) is 11.1 Å². The average Bonchev–Trinajstić information content (AvgIpc) is 2.37. The highest BCUT2D eigenvalue weighted by atomic mass is 16.5. The number of aromatic nitrogens is 2. The molecule has 2 aromatic rings. The van der Waals surface area contributed by atoms with E-state index in [4.69, 9.17) is 4.74 Å². The Balaban J connectivity index is 2.01. The van der Waals surface area contributed by atoms with Crippen LogP contribution in [0.15, 0.2) is 46.1 Å². The van der Waals surface area contributed by atoms with Gasteiger partial charge in [-0.1, -0.05) is 30.3 Å². The van der Waals surface area contributed by atoms with Gasteiger partial charge in [-0.05, 0) is 12.5 Å². The maximum atomic E-state index is 11.4. The molecule has 1 radical (unpaired) electrons. The number of hydrogen-bond acceptors (Lipinski definition) is 3. The Morgan fingerprint density at radius 2 is 2.00 bits per heavy atom. The second-order valence-corrected chi connectivity index (χ2v) is 3.88. The molecule has 0 saturated heterocycles. The van der Waals surface area contributed by atoms with E-state index in [0.717, 1.165) is 5.56 Å². The molecule has 0 unspecified atom stereocenters. The summed E-state index contributed by atoms with van der Waals surface area (Å²) in [5.41, 5.74) is 0.559. The van der Waals surface area contributed by atoms with Gasteiger partial charge in [0.05, 0.1) is 6.61 Å². The molecule has 1 N–H and O–H groups in total. The Morgan fingerprint density at radius 3 is 2.72 bits per heavy atom. The van der Waals surface area contributed by atoms with Gasteiger partial charge in [-0.2, -0.15) is 0 Å². The summed E-state index contributed by atoms with van der Waals surface area (Å²) in [6.07, 6.45) is 1.44. The van der Waals surface area contributed by atoms with Gasteiger partial charge in [0, 0.05) is 11.8 Å². The highest BCUT2D eigenvalue weighted by molar-refractivity contribution is 5.13. The summed E-state index contributed by atoms with van der Waals surface area (Å²) in [7, 11) is 0. The Bertz CT molecular complexity index is 629. The summed E-state index contributed by atoms with van der Waals surface area (Å²) < 4.78 is 6.51. The third-order valence-electron chi connectivity index (χ3n) is 2.43. The van der Waals surface area contributed by atoms with Crippen molar-refractivity contribution in [3.63, 3.8) is 0 Å². The number of aromatic amines is 1. The van der Waals surface area contributed by atoms with Gasteiger partial charge in [-0.3, -0.25) is 14.3 Å². The molecular weight excluding hydrogens is 232 g/mol. The van der Waals surface area contributed by atoms with Gasteiger partial charge in [-0.15, -0.1) is 0 Å². The molecule has 1 aromatic heterocycles. The molecule has 0 saturated carbocycles. The van der Waals surface area contributed by atoms with Crippen molar-refractivity contribution in [1.29, 1.82) is 0 Å². The molecule has 0 amide bonds. The van der Waals surface area contributed by atoms with Crippen molar-refractivity contribution in [2.24, 2.45) is 0 Å². The number of H-pyrrole nitrogens is 1. The highest BCUT2D eigenvalue weighted by Crippen LogP contribution is 2.01. The van der Waals surface area contributed by atoms with E-state index in [2.05, 4.69) is 4.98 Å². The first-order valence-corrected chi connectivity index (χ1v) is 5.48. The molecule has 1 aromatic carbocycles. The van der Waals surface area contributed by atoms with Gasteiger partial charge in [0.15, 0.2) is 6.73 Å². The normalized spacial score (nSPS) is 10.5. The van der Waals surface area contributed by atoms with Crippen molar-refractivity contribution in [1.82, 2.24) is 9.55 Å². The predicted octanol–water partition coefficient (Wildman–Crippen LogP) is 1.03. The van der Waals surface area contributed by atoms with Crippen molar-refractivity contribution in [2.75, 3.05) is 0 Å². The number of benzene rings is 1. The molecule has 0 aliphatic heterocycles. The maximum absolute atomic E-state index is 11.4. The Kier molecular flexibility index (Phi) is 3.74. The van der Waals surface area contributed by atoms with E-state index in [0.29, 0.717) is 12.2 Å². The van der Waals surface area contributed by atoms with Crippen LogP contribution in [0.3, 0.4) is 0 Å². The topological polar surface area (TPSA) is 64.1 Å². The van der Waals surface area contributed by atoms with Gasteiger partial charge in [-0.25, -0.2) is 4.79 Å². The number of nitrogens with one attached hydrogen (secondary N) is 1. The first kappa shape index (κ1) is 12.3. The minimum Gasteiger partial charge on any atom is -0.348 e. The van der Waals surface area contributed by atoms with E-state index in [1.807, 2.05) is 30.3 Å². The lowest BCUT2D eigenvalue weighted by atomic mass is 10.2. The quantitative estimate of drug-likeness (QED) is 0.875. The van der Waals surface area contributed by atoms with E-state index in [1.54, 1.807) is 6.92 Å². The molecular formula is C13H13N2O3. The SMILES string of the molecule is Cc1cn([CH]OCc2ccccc2)c(=O)[nH]c1=O. The van der Waals surface area contributed by atoms with Gasteiger partial charge in [0.2, 0.25) is 0 Å². The molecule has 0 aliphatic rings. The zero-order valence-electron chi connectivity index (χ0n) is 9.92. The second kappa shape index (κ2) is 5.46. The van der Waals surface area contributed by atoms with Crippen molar-refractivity contribution in [3.8, 4) is 0 Å². The van der Waals surface area contributed by atoms with Crippen LogP contribution >= 0.6 is 0 Å². The molecule has 2 rings (SSSR count). The number of hydrogen-bond donors (Lipinski definition) is 1. The largest absolute Gasteiger partial charge is 0.348 e. The first-order chi connectivity index (χ1) is 8.66. The molecule has 1 heterocycles. The summed E-state index contributed by atoms with van der Waals surface area (Å²) in [5.74, 6) is 0. The van der Waals surface area contributed by atoms with Crippen LogP contribution in [0.5, 0.6) is 0 Å². The second-order valence-electron chi connectivity index (χ2n) is 3.88. The smallest absolute Gasteiger partial charge is 0.330 e. The highest BCUT2D eigenvalue weighted by Gasteiger charge is 2.01. The van der Waals surface area contributed by atoms with Crippen LogP contribution in [0.4, 0.5) is 0 Å².